The molecule has 2 rings (SSSR count). The van der Waals surface area contributed by atoms with Crippen molar-refractivity contribution in [3.8, 4) is 0 Å². The van der Waals surface area contributed by atoms with Crippen molar-refractivity contribution in [3.05, 3.63) is 35.9 Å². The highest BCUT2D eigenvalue weighted by atomic mass is 15.1. The molecule has 0 spiro atoms. The molecule has 0 aromatic heterocycles. The van der Waals surface area contributed by atoms with Crippen molar-refractivity contribution in [2.45, 2.75) is 45.1 Å². The first kappa shape index (κ1) is 14.5. The summed E-state index contributed by atoms with van der Waals surface area (Å²) in [5, 5.41) is 0. The number of hydrogen-bond acceptors (Lipinski definition) is 2. The van der Waals surface area contributed by atoms with Gasteiger partial charge in [-0.25, -0.2) is 0 Å². The first-order chi connectivity index (χ1) is 9.16. The molecule has 1 saturated heterocycles. The Morgan fingerprint density at radius 2 is 1.79 bits per heavy atom. The lowest BCUT2D eigenvalue weighted by molar-refractivity contribution is 0.168. The van der Waals surface area contributed by atoms with Gasteiger partial charge in [0, 0.05) is 6.04 Å². The van der Waals surface area contributed by atoms with Crippen molar-refractivity contribution in [2.75, 3.05) is 19.6 Å². The number of rotatable bonds is 5. The highest BCUT2D eigenvalue weighted by Gasteiger charge is 2.21. The molecule has 1 aromatic carbocycles. The predicted molar refractivity (Wildman–Crippen MR) is 82.3 cm³/mol. The average Bonchev–Trinajstić information content (AvgIpc) is 2.46. The lowest BCUT2D eigenvalue weighted by atomic mass is 9.90. The summed E-state index contributed by atoms with van der Waals surface area (Å²) in [5.74, 6) is 1.40. The van der Waals surface area contributed by atoms with Crippen LogP contribution in [0.25, 0.3) is 0 Å². The summed E-state index contributed by atoms with van der Waals surface area (Å²) < 4.78 is 0. The zero-order valence-electron chi connectivity index (χ0n) is 12.4. The Balaban J connectivity index is 1.72. The second-order valence-corrected chi connectivity index (χ2v) is 6.14. The van der Waals surface area contributed by atoms with E-state index in [1.54, 1.807) is 0 Å². The minimum Gasteiger partial charge on any atom is -0.328 e. The van der Waals surface area contributed by atoms with Gasteiger partial charge in [-0.2, -0.15) is 0 Å². The third kappa shape index (κ3) is 4.32. The molecular formula is C17H28N2. The van der Waals surface area contributed by atoms with Gasteiger partial charge in [0.2, 0.25) is 0 Å². The SMILES string of the molecule is CC(CCN1CCC(C(C)N)CC1)c1ccccc1. The smallest absolute Gasteiger partial charge is 0.00397 e. The fourth-order valence-corrected chi connectivity index (χ4v) is 3.03. The molecule has 2 nitrogen and oxygen atoms in total. The van der Waals surface area contributed by atoms with E-state index in [1.165, 1.54) is 44.5 Å². The molecule has 1 aromatic rings. The van der Waals surface area contributed by atoms with E-state index in [0.717, 1.165) is 5.92 Å². The Bertz CT molecular complexity index is 353. The summed E-state index contributed by atoms with van der Waals surface area (Å²) in [5.41, 5.74) is 7.46. The molecule has 0 radical (unpaired) electrons. The minimum absolute atomic E-state index is 0.366. The van der Waals surface area contributed by atoms with Crippen LogP contribution in [0.15, 0.2) is 30.3 Å². The number of nitrogens with zero attached hydrogens (tertiary/aromatic N) is 1. The molecule has 0 aliphatic carbocycles. The fraction of sp³-hybridized carbons (Fsp3) is 0.647. The topological polar surface area (TPSA) is 29.3 Å². The first-order valence-corrected chi connectivity index (χ1v) is 7.69. The summed E-state index contributed by atoms with van der Waals surface area (Å²) in [6.45, 7) is 8.17. The highest BCUT2D eigenvalue weighted by molar-refractivity contribution is 5.18. The second-order valence-electron chi connectivity index (χ2n) is 6.14. The van der Waals surface area contributed by atoms with E-state index < -0.39 is 0 Å². The van der Waals surface area contributed by atoms with Gasteiger partial charge < -0.3 is 10.6 Å². The molecule has 1 aliphatic heterocycles. The molecule has 0 amide bonds. The Hall–Kier alpha value is -0.860. The quantitative estimate of drug-likeness (QED) is 0.880. The van der Waals surface area contributed by atoms with Crippen LogP contribution in [0.1, 0.15) is 44.6 Å². The summed E-state index contributed by atoms with van der Waals surface area (Å²) in [6, 6.07) is 11.2. The van der Waals surface area contributed by atoms with E-state index in [0.29, 0.717) is 12.0 Å². The molecule has 106 valence electrons. The normalized spacial score (nSPS) is 21.2. The third-order valence-corrected chi connectivity index (χ3v) is 4.62. The minimum atomic E-state index is 0.366. The third-order valence-electron chi connectivity index (χ3n) is 4.62. The maximum Gasteiger partial charge on any atom is 0.00397 e. The van der Waals surface area contributed by atoms with Crippen LogP contribution in [0.2, 0.25) is 0 Å². The molecule has 0 saturated carbocycles. The summed E-state index contributed by atoms with van der Waals surface area (Å²) in [7, 11) is 0. The van der Waals surface area contributed by atoms with Crippen molar-refractivity contribution < 1.29 is 0 Å². The van der Waals surface area contributed by atoms with Crippen molar-refractivity contribution in [1.82, 2.24) is 4.90 Å². The summed E-state index contributed by atoms with van der Waals surface area (Å²) >= 11 is 0. The Labute approximate surface area is 118 Å². The molecule has 1 heterocycles. The number of hydrogen-bond donors (Lipinski definition) is 1. The first-order valence-electron chi connectivity index (χ1n) is 7.69. The van der Waals surface area contributed by atoms with Gasteiger partial charge >= 0.3 is 0 Å². The highest BCUT2D eigenvalue weighted by Crippen LogP contribution is 2.22. The van der Waals surface area contributed by atoms with Crippen LogP contribution in [0.4, 0.5) is 0 Å². The van der Waals surface area contributed by atoms with Crippen molar-refractivity contribution in [2.24, 2.45) is 11.7 Å². The van der Waals surface area contributed by atoms with Crippen LogP contribution >= 0.6 is 0 Å². The van der Waals surface area contributed by atoms with E-state index in [9.17, 15) is 0 Å². The maximum absolute atomic E-state index is 5.99. The molecule has 1 fully saturated rings. The molecule has 1 aliphatic rings. The average molecular weight is 260 g/mol. The number of likely N-dealkylation sites (tertiary alicyclic amines) is 1. The van der Waals surface area contributed by atoms with E-state index >= 15 is 0 Å². The van der Waals surface area contributed by atoms with Gasteiger partial charge in [0.25, 0.3) is 0 Å². The molecule has 19 heavy (non-hydrogen) atoms. The van der Waals surface area contributed by atoms with Gasteiger partial charge in [0.1, 0.15) is 0 Å². The largest absolute Gasteiger partial charge is 0.328 e. The fourth-order valence-electron chi connectivity index (χ4n) is 3.03. The molecule has 2 atom stereocenters. The Kier molecular flexibility index (Phi) is 5.41. The summed E-state index contributed by atoms with van der Waals surface area (Å²) in [4.78, 5) is 2.61. The zero-order chi connectivity index (χ0) is 13.7. The van der Waals surface area contributed by atoms with E-state index in [-0.39, 0.29) is 0 Å². The number of nitrogens with two attached hydrogens (primary N) is 1. The maximum atomic E-state index is 5.99. The molecule has 2 heteroatoms. The standard InChI is InChI=1S/C17H28N2/c1-14(16-6-4-3-5-7-16)8-11-19-12-9-17(10-13-19)15(2)18/h3-7,14-15,17H,8-13,18H2,1-2H3. The van der Waals surface area contributed by atoms with E-state index in [2.05, 4.69) is 49.1 Å². The molecular weight excluding hydrogens is 232 g/mol. The zero-order valence-corrected chi connectivity index (χ0v) is 12.4. The van der Waals surface area contributed by atoms with Crippen LogP contribution in [0.3, 0.4) is 0 Å². The van der Waals surface area contributed by atoms with E-state index in [4.69, 9.17) is 5.73 Å². The van der Waals surface area contributed by atoms with Crippen LogP contribution in [0.5, 0.6) is 0 Å². The molecule has 0 bridgehead atoms. The Morgan fingerprint density at radius 1 is 1.16 bits per heavy atom. The monoisotopic (exact) mass is 260 g/mol. The van der Waals surface area contributed by atoms with Crippen molar-refractivity contribution >= 4 is 0 Å². The van der Waals surface area contributed by atoms with Crippen LogP contribution in [-0.2, 0) is 0 Å². The van der Waals surface area contributed by atoms with Crippen LogP contribution < -0.4 is 5.73 Å². The van der Waals surface area contributed by atoms with Crippen molar-refractivity contribution in [1.29, 1.82) is 0 Å². The molecule has 2 unspecified atom stereocenters. The lowest BCUT2D eigenvalue weighted by Gasteiger charge is -2.34. The van der Waals surface area contributed by atoms with Gasteiger partial charge in [0.15, 0.2) is 0 Å². The summed E-state index contributed by atoms with van der Waals surface area (Å²) in [6.07, 6.45) is 3.81. The van der Waals surface area contributed by atoms with E-state index in [1.807, 2.05) is 0 Å². The Morgan fingerprint density at radius 3 is 2.37 bits per heavy atom. The lowest BCUT2D eigenvalue weighted by Crippen LogP contribution is -2.40. The number of benzene rings is 1. The van der Waals surface area contributed by atoms with Gasteiger partial charge in [-0.3, -0.25) is 0 Å². The van der Waals surface area contributed by atoms with Gasteiger partial charge in [-0.05, 0) is 63.2 Å². The van der Waals surface area contributed by atoms with Crippen LogP contribution in [-0.4, -0.2) is 30.6 Å². The van der Waals surface area contributed by atoms with Crippen molar-refractivity contribution in [3.63, 3.8) is 0 Å². The van der Waals surface area contributed by atoms with Crippen LogP contribution in [0, 0.1) is 5.92 Å². The second kappa shape index (κ2) is 7.06. The number of piperidine rings is 1. The van der Waals surface area contributed by atoms with Gasteiger partial charge in [-0.1, -0.05) is 37.3 Å². The molecule has 2 N–H and O–H groups in total. The predicted octanol–water partition coefficient (Wildman–Crippen LogP) is 3.24. The van der Waals surface area contributed by atoms with Gasteiger partial charge in [-0.15, -0.1) is 0 Å². The van der Waals surface area contributed by atoms with Gasteiger partial charge in [0.05, 0.1) is 0 Å².